The first-order chi connectivity index (χ1) is 19.9. The zero-order valence-corrected chi connectivity index (χ0v) is 23.9. The summed E-state index contributed by atoms with van der Waals surface area (Å²) in [6.45, 7) is 6.11. The summed E-state index contributed by atoms with van der Waals surface area (Å²) in [5.74, 6) is 3.24. The largest absolute Gasteiger partial charge is 0.501 e. The molecule has 0 aliphatic heterocycles. The van der Waals surface area contributed by atoms with Crippen LogP contribution in [0.2, 0.25) is 0 Å². The molecule has 41 heavy (non-hydrogen) atoms. The minimum atomic E-state index is -0.455. The minimum Gasteiger partial charge on any atom is -0.501 e. The molecule has 3 heterocycles. The molecule has 0 fully saturated rings. The van der Waals surface area contributed by atoms with E-state index in [2.05, 4.69) is 20.4 Å². The van der Waals surface area contributed by atoms with Crippen LogP contribution in [0.3, 0.4) is 0 Å². The summed E-state index contributed by atoms with van der Waals surface area (Å²) < 4.78 is 29.4. The van der Waals surface area contributed by atoms with Crippen molar-refractivity contribution in [3.63, 3.8) is 0 Å². The van der Waals surface area contributed by atoms with E-state index < -0.39 is 5.91 Å². The Kier molecular flexibility index (Phi) is 9.41. The van der Waals surface area contributed by atoms with Crippen LogP contribution in [-0.2, 0) is 4.74 Å². The number of carbonyl (C=O) groups excluding carboxylic acids is 1. The van der Waals surface area contributed by atoms with Gasteiger partial charge in [-0.15, -0.1) is 0 Å². The maximum absolute atomic E-state index is 13.1. The van der Waals surface area contributed by atoms with Crippen LogP contribution in [0.5, 0.6) is 28.7 Å². The van der Waals surface area contributed by atoms with Crippen molar-refractivity contribution in [2.75, 3.05) is 33.3 Å². The molecule has 0 atom stereocenters. The number of amides is 1. The van der Waals surface area contributed by atoms with Crippen LogP contribution in [0.15, 0.2) is 66.8 Å². The van der Waals surface area contributed by atoms with E-state index in [0.29, 0.717) is 46.7 Å². The number of ether oxygens (including phenoxy) is 5. The van der Waals surface area contributed by atoms with Gasteiger partial charge in [0.25, 0.3) is 5.91 Å². The third-order valence-corrected chi connectivity index (χ3v) is 6.09. The van der Waals surface area contributed by atoms with Crippen molar-refractivity contribution in [2.24, 2.45) is 0 Å². The lowest BCUT2D eigenvalue weighted by atomic mass is 10.2. The molecule has 11 nitrogen and oxygen atoms in total. The highest BCUT2D eigenvalue weighted by molar-refractivity contribution is 6.04. The first-order valence-corrected chi connectivity index (χ1v) is 13.0. The molecule has 0 radical (unpaired) electrons. The van der Waals surface area contributed by atoms with E-state index in [1.165, 1.54) is 6.20 Å². The van der Waals surface area contributed by atoms with Crippen molar-refractivity contribution < 1.29 is 28.5 Å². The van der Waals surface area contributed by atoms with Crippen LogP contribution < -0.4 is 24.3 Å². The zero-order valence-electron chi connectivity index (χ0n) is 23.9. The summed E-state index contributed by atoms with van der Waals surface area (Å²) in [6.07, 6.45) is 9.33. The van der Waals surface area contributed by atoms with Gasteiger partial charge in [-0.3, -0.25) is 9.78 Å². The van der Waals surface area contributed by atoms with Gasteiger partial charge in [-0.05, 0) is 50.3 Å². The Morgan fingerprint density at radius 3 is 2.41 bits per heavy atom. The number of carbonyl (C=O) groups is 1. The third kappa shape index (κ3) is 6.75. The van der Waals surface area contributed by atoms with Crippen molar-refractivity contribution in [3.05, 3.63) is 72.5 Å². The Morgan fingerprint density at radius 1 is 0.976 bits per heavy atom. The topological polar surface area (TPSA) is 119 Å². The van der Waals surface area contributed by atoms with E-state index in [0.717, 1.165) is 23.3 Å². The summed E-state index contributed by atoms with van der Waals surface area (Å²) >= 11 is 0. The van der Waals surface area contributed by atoms with Crippen molar-refractivity contribution >= 4 is 28.3 Å². The van der Waals surface area contributed by atoms with Crippen LogP contribution in [0.1, 0.15) is 37.7 Å². The lowest BCUT2D eigenvalue weighted by Gasteiger charge is -2.12. The molecule has 4 rings (SSSR count). The number of anilines is 1. The average Bonchev–Trinajstić information content (AvgIpc) is 3.42. The van der Waals surface area contributed by atoms with Gasteiger partial charge >= 0.3 is 0 Å². The SMILES string of the molecule is CCOc1cn(/C(C)=C/C=C(\CC)OC)nc1C(=O)Nc1ccc(Oc2ccnc3cc(OC)c(OC)cc23)cn1. The molecular formula is C30H33N5O6. The minimum absolute atomic E-state index is 0.140. The second kappa shape index (κ2) is 13.3. The maximum Gasteiger partial charge on any atom is 0.281 e. The van der Waals surface area contributed by atoms with Gasteiger partial charge in [-0.25, -0.2) is 9.67 Å². The second-order valence-corrected chi connectivity index (χ2v) is 8.69. The highest BCUT2D eigenvalue weighted by Crippen LogP contribution is 2.36. The van der Waals surface area contributed by atoms with Gasteiger partial charge in [-0.2, -0.15) is 5.10 Å². The molecule has 0 unspecified atom stereocenters. The smallest absolute Gasteiger partial charge is 0.281 e. The number of hydrogen-bond acceptors (Lipinski definition) is 9. The molecule has 1 aromatic carbocycles. The van der Waals surface area contributed by atoms with E-state index >= 15 is 0 Å². The first kappa shape index (κ1) is 28.9. The summed E-state index contributed by atoms with van der Waals surface area (Å²) in [7, 11) is 4.77. The molecule has 0 bridgehead atoms. The number of nitrogens with one attached hydrogen (secondary N) is 1. The number of hydrogen-bond donors (Lipinski definition) is 1. The lowest BCUT2D eigenvalue weighted by molar-refractivity contribution is 0.101. The average molecular weight is 560 g/mol. The lowest BCUT2D eigenvalue weighted by Crippen LogP contribution is -2.15. The van der Waals surface area contributed by atoms with Gasteiger partial charge < -0.3 is 29.0 Å². The molecule has 0 aliphatic carbocycles. The highest BCUT2D eigenvalue weighted by Gasteiger charge is 2.20. The van der Waals surface area contributed by atoms with E-state index in [4.69, 9.17) is 23.7 Å². The maximum atomic E-state index is 13.1. The summed E-state index contributed by atoms with van der Waals surface area (Å²) in [5.41, 5.74) is 1.61. The Morgan fingerprint density at radius 2 is 1.76 bits per heavy atom. The van der Waals surface area contributed by atoms with Gasteiger partial charge in [0, 0.05) is 29.8 Å². The monoisotopic (exact) mass is 559 g/mol. The molecule has 0 saturated heterocycles. The van der Waals surface area contributed by atoms with Crippen molar-refractivity contribution in [1.29, 1.82) is 0 Å². The molecule has 214 valence electrons. The molecule has 1 N–H and O–H groups in total. The molecule has 1 amide bonds. The predicted octanol–water partition coefficient (Wildman–Crippen LogP) is 6.09. The molecule has 11 heteroatoms. The normalized spacial score (nSPS) is 11.8. The second-order valence-electron chi connectivity index (χ2n) is 8.69. The van der Waals surface area contributed by atoms with Gasteiger partial charge in [0.15, 0.2) is 22.9 Å². The number of pyridine rings is 2. The quantitative estimate of drug-likeness (QED) is 0.162. The number of fused-ring (bicyclic) bond motifs is 1. The van der Waals surface area contributed by atoms with Gasteiger partial charge in [0.1, 0.15) is 17.3 Å². The van der Waals surface area contributed by atoms with Gasteiger partial charge in [0.05, 0.1) is 51.6 Å². The molecule has 0 spiro atoms. The highest BCUT2D eigenvalue weighted by atomic mass is 16.5. The molecule has 0 aliphatic rings. The fourth-order valence-electron chi connectivity index (χ4n) is 3.93. The number of rotatable bonds is 12. The fourth-order valence-corrected chi connectivity index (χ4v) is 3.93. The van der Waals surface area contributed by atoms with Crippen molar-refractivity contribution in [2.45, 2.75) is 27.2 Å². The molecular weight excluding hydrogens is 526 g/mol. The number of allylic oxidation sites excluding steroid dienone is 4. The van der Waals surface area contributed by atoms with E-state index in [1.54, 1.807) is 68.7 Å². The van der Waals surface area contributed by atoms with Crippen LogP contribution in [0.4, 0.5) is 5.82 Å². The zero-order chi connectivity index (χ0) is 29.4. The standard InChI is InChI=1S/C30H33N5O6/c1-7-20(37-4)10-9-19(3)35-18-27(40-8-2)29(34-35)30(36)33-28-12-11-21(17-32-28)41-24-13-14-31-23-16-26(39-6)25(38-5)15-22(23)24/h9-18H,7-8H2,1-6H3,(H,32,33,36)/b19-9+,20-10+. The summed E-state index contributed by atoms with van der Waals surface area (Å²) in [4.78, 5) is 21.9. The van der Waals surface area contributed by atoms with Crippen molar-refractivity contribution in [3.8, 4) is 28.7 Å². The Balaban J connectivity index is 1.51. The van der Waals surface area contributed by atoms with Crippen molar-refractivity contribution in [1.82, 2.24) is 19.7 Å². The van der Waals surface area contributed by atoms with Crippen LogP contribution >= 0.6 is 0 Å². The van der Waals surface area contributed by atoms with Crippen LogP contribution in [-0.4, -0.2) is 53.6 Å². The van der Waals surface area contributed by atoms with Crippen LogP contribution in [0.25, 0.3) is 16.6 Å². The first-order valence-electron chi connectivity index (χ1n) is 13.0. The van der Waals surface area contributed by atoms with Gasteiger partial charge in [0.2, 0.25) is 0 Å². The third-order valence-electron chi connectivity index (χ3n) is 6.09. The Hall–Kier alpha value is -5.06. The number of methoxy groups -OCH3 is 3. The fraction of sp³-hybridized carbons (Fsp3) is 0.267. The molecule has 3 aromatic heterocycles. The number of nitrogens with zero attached hydrogens (tertiary/aromatic N) is 4. The predicted molar refractivity (Wildman–Crippen MR) is 156 cm³/mol. The summed E-state index contributed by atoms with van der Waals surface area (Å²) in [6, 6.07) is 8.69. The summed E-state index contributed by atoms with van der Waals surface area (Å²) in [5, 5.41) is 7.96. The van der Waals surface area contributed by atoms with E-state index in [1.807, 2.05) is 32.9 Å². The van der Waals surface area contributed by atoms with Crippen LogP contribution in [0, 0.1) is 0 Å². The number of benzene rings is 1. The molecule has 4 aromatic rings. The Labute approximate surface area is 238 Å². The van der Waals surface area contributed by atoms with E-state index in [-0.39, 0.29) is 5.69 Å². The Bertz CT molecular complexity index is 1570. The number of aromatic nitrogens is 4. The molecule has 0 saturated carbocycles. The van der Waals surface area contributed by atoms with Gasteiger partial charge in [-0.1, -0.05) is 6.92 Å². The van der Waals surface area contributed by atoms with E-state index in [9.17, 15) is 4.79 Å².